The van der Waals surface area contributed by atoms with E-state index in [9.17, 15) is 4.79 Å². The van der Waals surface area contributed by atoms with E-state index in [4.69, 9.17) is 23.2 Å². The third kappa shape index (κ3) is 4.10. The van der Waals surface area contributed by atoms with Crippen LogP contribution in [0.1, 0.15) is 45.9 Å². The van der Waals surface area contributed by atoms with Crippen LogP contribution in [0.5, 0.6) is 0 Å². The Bertz CT molecular complexity index is 1090. The van der Waals surface area contributed by atoms with Crippen molar-refractivity contribution < 1.29 is 4.79 Å². The van der Waals surface area contributed by atoms with E-state index in [-0.39, 0.29) is 11.8 Å². The van der Waals surface area contributed by atoms with Crippen LogP contribution >= 0.6 is 23.2 Å². The number of halogens is 2. The summed E-state index contributed by atoms with van der Waals surface area (Å²) in [5.41, 5.74) is 4.91. The van der Waals surface area contributed by atoms with E-state index in [1.165, 1.54) is 0 Å². The lowest BCUT2D eigenvalue weighted by molar-refractivity contribution is 0.102. The number of aromatic nitrogens is 2. The summed E-state index contributed by atoms with van der Waals surface area (Å²) >= 11 is 12.6. The summed E-state index contributed by atoms with van der Waals surface area (Å²) in [6.45, 7) is 5.69. The van der Waals surface area contributed by atoms with Gasteiger partial charge in [0.2, 0.25) is 0 Å². The zero-order valence-electron chi connectivity index (χ0n) is 17.0. The van der Waals surface area contributed by atoms with Crippen LogP contribution in [0.15, 0.2) is 42.6 Å². The number of benzene rings is 2. The fourth-order valence-electron chi connectivity index (χ4n) is 3.87. The van der Waals surface area contributed by atoms with Crippen molar-refractivity contribution in [1.29, 1.82) is 0 Å². The van der Waals surface area contributed by atoms with Crippen LogP contribution in [0.4, 0.5) is 5.69 Å². The van der Waals surface area contributed by atoms with Crippen LogP contribution in [-0.4, -0.2) is 28.8 Å². The van der Waals surface area contributed by atoms with Gasteiger partial charge in [0, 0.05) is 21.7 Å². The smallest absolute Gasteiger partial charge is 0.259 e. The Morgan fingerprint density at radius 2 is 1.90 bits per heavy atom. The fraction of sp³-hybridized carbons (Fsp3) is 0.304. The van der Waals surface area contributed by atoms with Crippen LogP contribution in [0.3, 0.4) is 0 Å². The highest BCUT2D eigenvalue weighted by Crippen LogP contribution is 2.32. The topological polar surface area (TPSA) is 59.0 Å². The number of anilines is 1. The second-order valence-electron chi connectivity index (χ2n) is 7.68. The van der Waals surface area contributed by atoms with Gasteiger partial charge in [-0.3, -0.25) is 4.79 Å². The Hall–Kier alpha value is -2.34. The molecule has 0 atom stereocenters. The molecule has 1 aliphatic heterocycles. The number of carbonyl (C=O) groups is 1. The lowest BCUT2D eigenvalue weighted by atomic mass is 9.91. The molecule has 1 amide bonds. The van der Waals surface area contributed by atoms with Gasteiger partial charge in [0.15, 0.2) is 0 Å². The van der Waals surface area contributed by atoms with E-state index in [0.29, 0.717) is 21.3 Å². The molecule has 0 unspecified atom stereocenters. The summed E-state index contributed by atoms with van der Waals surface area (Å²) in [7, 11) is 0. The van der Waals surface area contributed by atoms with E-state index in [2.05, 4.69) is 15.7 Å². The highest BCUT2D eigenvalue weighted by molar-refractivity contribution is 6.32. The first kappa shape index (κ1) is 20.9. The molecule has 0 bridgehead atoms. The van der Waals surface area contributed by atoms with Crippen LogP contribution < -0.4 is 10.6 Å². The van der Waals surface area contributed by atoms with Gasteiger partial charge in [0.25, 0.3) is 5.91 Å². The average molecular weight is 443 g/mol. The third-order valence-corrected chi connectivity index (χ3v) is 6.51. The number of amides is 1. The summed E-state index contributed by atoms with van der Waals surface area (Å²) in [4.78, 5) is 13.3. The number of hydrogen-bond acceptors (Lipinski definition) is 3. The van der Waals surface area contributed by atoms with Gasteiger partial charge in [-0.05, 0) is 75.2 Å². The van der Waals surface area contributed by atoms with E-state index in [1.54, 1.807) is 6.20 Å². The third-order valence-electron chi connectivity index (χ3n) is 5.69. The monoisotopic (exact) mass is 442 g/mol. The number of piperidine rings is 1. The van der Waals surface area contributed by atoms with E-state index >= 15 is 0 Å². The molecule has 1 fully saturated rings. The van der Waals surface area contributed by atoms with Crippen molar-refractivity contribution in [3.8, 4) is 5.69 Å². The number of carbonyl (C=O) groups excluding carboxylic acids is 1. The molecule has 1 aromatic heterocycles. The molecule has 2 heterocycles. The SMILES string of the molecule is Cc1ccc(-n2ncc(C(=O)Nc3cccc(Cl)c3C)c2C2CCNCC2)cc1Cl. The predicted molar refractivity (Wildman–Crippen MR) is 122 cm³/mol. The largest absolute Gasteiger partial charge is 0.322 e. The van der Waals surface area contributed by atoms with E-state index in [0.717, 1.165) is 48.4 Å². The van der Waals surface area contributed by atoms with Crippen molar-refractivity contribution in [3.63, 3.8) is 0 Å². The predicted octanol–water partition coefficient (Wildman–Crippen LogP) is 5.52. The van der Waals surface area contributed by atoms with E-state index in [1.807, 2.05) is 54.9 Å². The highest BCUT2D eigenvalue weighted by atomic mass is 35.5. The molecule has 30 heavy (non-hydrogen) atoms. The minimum atomic E-state index is -0.182. The lowest BCUT2D eigenvalue weighted by Crippen LogP contribution is -2.29. The molecule has 0 spiro atoms. The molecule has 0 radical (unpaired) electrons. The van der Waals surface area contributed by atoms with Crippen molar-refractivity contribution in [2.24, 2.45) is 0 Å². The van der Waals surface area contributed by atoms with Crippen molar-refractivity contribution in [2.75, 3.05) is 18.4 Å². The minimum absolute atomic E-state index is 0.182. The van der Waals surface area contributed by atoms with Gasteiger partial charge in [-0.1, -0.05) is 35.3 Å². The van der Waals surface area contributed by atoms with Gasteiger partial charge >= 0.3 is 0 Å². The molecule has 3 aromatic rings. The summed E-state index contributed by atoms with van der Waals surface area (Å²) in [6.07, 6.45) is 3.55. The van der Waals surface area contributed by atoms with Crippen molar-refractivity contribution in [3.05, 3.63) is 75.0 Å². The number of nitrogens with zero attached hydrogens (tertiary/aromatic N) is 2. The molecular formula is C23H24Cl2N4O. The molecule has 4 rings (SSSR count). The molecule has 2 N–H and O–H groups in total. The van der Waals surface area contributed by atoms with Crippen LogP contribution in [0.25, 0.3) is 5.69 Å². The van der Waals surface area contributed by atoms with Crippen molar-refractivity contribution in [1.82, 2.24) is 15.1 Å². The Labute approximate surface area is 186 Å². The molecule has 1 aliphatic rings. The van der Waals surface area contributed by atoms with Crippen molar-refractivity contribution >= 4 is 34.8 Å². The van der Waals surface area contributed by atoms with Crippen LogP contribution in [-0.2, 0) is 0 Å². The molecule has 0 saturated carbocycles. The number of nitrogens with one attached hydrogen (secondary N) is 2. The Kier molecular flexibility index (Phi) is 6.14. The minimum Gasteiger partial charge on any atom is -0.322 e. The number of aryl methyl sites for hydroxylation is 1. The zero-order chi connectivity index (χ0) is 21.3. The standard InChI is InChI=1S/C23H24Cl2N4O/c1-14-6-7-17(12-20(14)25)29-22(16-8-10-26-11-9-16)18(13-27-29)23(30)28-21-5-3-4-19(24)15(21)2/h3-7,12-13,16,26H,8-11H2,1-2H3,(H,28,30). The second kappa shape index (κ2) is 8.80. The molecule has 7 heteroatoms. The molecule has 0 aliphatic carbocycles. The van der Waals surface area contributed by atoms with Crippen LogP contribution in [0.2, 0.25) is 10.0 Å². The lowest BCUT2D eigenvalue weighted by Gasteiger charge is -2.25. The zero-order valence-corrected chi connectivity index (χ0v) is 18.5. The second-order valence-corrected chi connectivity index (χ2v) is 8.49. The Morgan fingerprint density at radius 3 is 2.63 bits per heavy atom. The van der Waals surface area contributed by atoms with Crippen molar-refractivity contribution in [2.45, 2.75) is 32.6 Å². The summed E-state index contributed by atoms with van der Waals surface area (Å²) in [6, 6.07) is 11.4. The van der Waals surface area contributed by atoms with Gasteiger partial charge < -0.3 is 10.6 Å². The van der Waals surface area contributed by atoms with E-state index < -0.39 is 0 Å². The average Bonchev–Trinajstić information content (AvgIpc) is 3.19. The highest BCUT2D eigenvalue weighted by Gasteiger charge is 2.27. The number of hydrogen-bond donors (Lipinski definition) is 2. The van der Waals surface area contributed by atoms with Gasteiger partial charge in [-0.2, -0.15) is 5.10 Å². The number of rotatable bonds is 4. The Balaban J connectivity index is 1.75. The maximum atomic E-state index is 13.3. The van der Waals surface area contributed by atoms with Gasteiger partial charge in [-0.25, -0.2) is 4.68 Å². The molecular weight excluding hydrogens is 419 g/mol. The maximum absolute atomic E-state index is 13.3. The quantitative estimate of drug-likeness (QED) is 0.559. The van der Waals surface area contributed by atoms with Crippen LogP contribution in [0, 0.1) is 13.8 Å². The molecule has 5 nitrogen and oxygen atoms in total. The van der Waals surface area contributed by atoms with Gasteiger partial charge in [0.05, 0.1) is 23.1 Å². The fourth-order valence-corrected chi connectivity index (χ4v) is 4.22. The Morgan fingerprint density at radius 1 is 1.13 bits per heavy atom. The van der Waals surface area contributed by atoms with Gasteiger partial charge in [0.1, 0.15) is 0 Å². The molecule has 1 saturated heterocycles. The summed E-state index contributed by atoms with van der Waals surface area (Å²) < 4.78 is 1.86. The summed E-state index contributed by atoms with van der Waals surface area (Å²) in [5.74, 6) is 0.0494. The first-order chi connectivity index (χ1) is 14.5. The summed E-state index contributed by atoms with van der Waals surface area (Å²) in [5, 5.41) is 12.3. The maximum Gasteiger partial charge on any atom is 0.259 e. The normalized spacial score (nSPS) is 14.7. The first-order valence-electron chi connectivity index (χ1n) is 10.1. The molecule has 156 valence electrons. The first-order valence-corrected chi connectivity index (χ1v) is 10.8. The molecule has 2 aromatic carbocycles. The van der Waals surface area contributed by atoms with Gasteiger partial charge in [-0.15, -0.1) is 0 Å².